The fraction of sp³-hybridized carbons (Fsp3) is 0.818. The number of hydrogen-bond donors (Lipinski definition) is 2. The summed E-state index contributed by atoms with van der Waals surface area (Å²) in [6.07, 6.45) is 5.84. The Morgan fingerprint density at radius 1 is 1.71 bits per heavy atom. The highest BCUT2D eigenvalue weighted by molar-refractivity contribution is 5.10. The van der Waals surface area contributed by atoms with Crippen LogP contribution in [0.5, 0.6) is 0 Å². The third kappa shape index (κ3) is 3.68. The van der Waals surface area contributed by atoms with Crippen LogP contribution in [0.1, 0.15) is 33.1 Å². The van der Waals surface area contributed by atoms with E-state index in [9.17, 15) is 0 Å². The molecule has 0 aromatic rings. The minimum Gasteiger partial charge on any atom is -0.385 e. The van der Waals surface area contributed by atoms with Crippen molar-refractivity contribution in [1.82, 2.24) is 5.32 Å². The van der Waals surface area contributed by atoms with Crippen molar-refractivity contribution < 1.29 is 4.74 Å². The second-order valence-corrected chi connectivity index (χ2v) is 3.91. The number of hydrogen-bond acceptors (Lipinski definition) is 3. The summed E-state index contributed by atoms with van der Waals surface area (Å²) in [6, 6.07) is 0.117. The van der Waals surface area contributed by atoms with Gasteiger partial charge in [-0.2, -0.15) is 0 Å². The van der Waals surface area contributed by atoms with Crippen molar-refractivity contribution in [2.75, 3.05) is 13.2 Å². The lowest BCUT2D eigenvalue weighted by atomic mass is 10.1. The van der Waals surface area contributed by atoms with E-state index in [1.807, 2.05) is 6.92 Å². The molecular formula is C11H22N2O. The highest BCUT2D eigenvalue weighted by atomic mass is 16.5. The molecule has 0 radical (unpaired) electrons. The van der Waals surface area contributed by atoms with Gasteiger partial charge in [0.1, 0.15) is 0 Å². The number of unbranched alkanes of at least 4 members (excludes halogenated alkanes) is 1. The first-order valence-electron chi connectivity index (χ1n) is 5.55. The monoisotopic (exact) mass is 198 g/mol. The second kappa shape index (κ2) is 6.04. The molecule has 1 aliphatic heterocycles. The van der Waals surface area contributed by atoms with Gasteiger partial charge in [0.05, 0.1) is 6.10 Å². The van der Waals surface area contributed by atoms with Crippen molar-refractivity contribution in [3.05, 3.63) is 11.8 Å². The van der Waals surface area contributed by atoms with Crippen LogP contribution in [0.15, 0.2) is 11.8 Å². The van der Waals surface area contributed by atoms with Gasteiger partial charge >= 0.3 is 0 Å². The first kappa shape index (κ1) is 11.5. The van der Waals surface area contributed by atoms with Crippen molar-refractivity contribution in [1.29, 1.82) is 0 Å². The maximum Gasteiger partial charge on any atom is 0.0782 e. The topological polar surface area (TPSA) is 47.3 Å². The molecule has 2 unspecified atom stereocenters. The smallest absolute Gasteiger partial charge is 0.0782 e. The Hall–Kier alpha value is -0.540. The predicted octanol–water partition coefficient (Wildman–Crippen LogP) is 1.40. The summed E-state index contributed by atoms with van der Waals surface area (Å²) < 4.78 is 5.70. The van der Waals surface area contributed by atoms with E-state index < -0.39 is 0 Å². The van der Waals surface area contributed by atoms with Crippen LogP contribution < -0.4 is 11.1 Å². The van der Waals surface area contributed by atoms with E-state index in [1.54, 1.807) is 0 Å². The van der Waals surface area contributed by atoms with E-state index in [-0.39, 0.29) is 6.04 Å². The molecule has 1 aliphatic rings. The molecule has 0 aliphatic carbocycles. The van der Waals surface area contributed by atoms with E-state index >= 15 is 0 Å². The lowest BCUT2D eigenvalue weighted by Gasteiger charge is -2.25. The number of nitrogens with one attached hydrogen (secondary N) is 1. The van der Waals surface area contributed by atoms with E-state index in [0.29, 0.717) is 6.10 Å². The maximum atomic E-state index is 5.76. The van der Waals surface area contributed by atoms with Crippen LogP contribution >= 0.6 is 0 Å². The predicted molar refractivity (Wildman–Crippen MR) is 59.0 cm³/mol. The molecule has 0 bridgehead atoms. The largest absolute Gasteiger partial charge is 0.385 e. The molecule has 0 saturated heterocycles. The third-order valence-corrected chi connectivity index (χ3v) is 2.48. The van der Waals surface area contributed by atoms with Crippen molar-refractivity contribution >= 4 is 0 Å². The quantitative estimate of drug-likeness (QED) is 0.656. The zero-order valence-corrected chi connectivity index (χ0v) is 9.25. The standard InChI is InChI=1S/C11H22N2O/c1-3-4-7-14-10-5-6-11(9(2)12)13-8-10/h6,9-10,13H,3-5,7-8,12H2,1-2H3. The summed E-state index contributed by atoms with van der Waals surface area (Å²) >= 11 is 0. The van der Waals surface area contributed by atoms with Gasteiger partial charge in [-0.05, 0) is 19.8 Å². The Morgan fingerprint density at radius 2 is 2.50 bits per heavy atom. The summed E-state index contributed by atoms with van der Waals surface area (Å²) in [7, 11) is 0. The molecule has 0 aromatic heterocycles. The van der Waals surface area contributed by atoms with Crippen LogP contribution in [-0.4, -0.2) is 25.3 Å². The number of nitrogens with two attached hydrogens (primary N) is 1. The van der Waals surface area contributed by atoms with Crippen molar-refractivity contribution in [3.8, 4) is 0 Å². The van der Waals surface area contributed by atoms with Crippen LogP contribution in [0.2, 0.25) is 0 Å². The molecule has 0 amide bonds. The average Bonchev–Trinajstić information content (AvgIpc) is 2.19. The lowest BCUT2D eigenvalue weighted by molar-refractivity contribution is 0.0512. The van der Waals surface area contributed by atoms with E-state index in [1.165, 1.54) is 6.42 Å². The molecule has 2 atom stereocenters. The molecule has 1 rings (SSSR count). The second-order valence-electron chi connectivity index (χ2n) is 3.91. The normalized spacial score (nSPS) is 23.9. The number of rotatable bonds is 5. The Kier molecular flexibility index (Phi) is 4.98. The molecule has 3 N–H and O–H groups in total. The summed E-state index contributed by atoms with van der Waals surface area (Å²) in [4.78, 5) is 0. The molecule has 0 aromatic carbocycles. The van der Waals surface area contributed by atoms with Crippen LogP contribution in [0.25, 0.3) is 0 Å². The Balaban J connectivity index is 2.21. The van der Waals surface area contributed by atoms with Gasteiger partial charge in [-0.25, -0.2) is 0 Å². The van der Waals surface area contributed by atoms with Gasteiger partial charge in [0.15, 0.2) is 0 Å². The SMILES string of the molecule is CCCCOC1CC=C(C(C)N)NC1. The molecule has 1 heterocycles. The maximum absolute atomic E-state index is 5.76. The minimum absolute atomic E-state index is 0.117. The van der Waals surface area contributed by atoms with Gasteiger partial charge in [0, 0.05) is 24.9 Å². The number of ether oxygens (including phenoxy) is 1. The molecule has 3 heteroatoms. The zero-order valence-electron chi connectivity index (χ0n) is 9.25. The molecule has 0 spiro atoms. The average molecular weight is 198 g/mol. The van der Waals surface area contributed by atoms with E-state index in [2.05, 4.69) is 18.3 Å². The van der Waals surface area contributed by atoms with Crippen molar-refractivity contribution in [2.45, 2.75) is 45.3 Å². The van der Waals surface area contributed by atoms with Gasteiger partial charge in [-0.1, -0.05) is 19.4 Å². The van der Waals surface area contributed by atoms with Crippen molar-refractivity contribution in [3.63, 3.8) is 0 Å². The van der Waals surface area contributed by atoms with Gasteiger partial charge in [0.25, 0.3) is 0 Å². The minimum atomic E-state index is 0.117. The van der Waals surface area contributed by atoms with Gasteiger partial charge in [-0.15, -0.1) is 0 Å². The third-order valence-electron chi connectivity index (χ3n) is 2.48. The van der Waals surface area contributed by atoms with E-state index in [4.69, 9.17) is 10.5 Å². The van der Waals surface area contributed by atoms with Gasteiger partial charge in [-0.3, -0.25) is 0 Å². The molecule has 3 nitrogen and oxygen atoms in total. The van der Waals surface area contributed by atoms with Crippen LogP contribution in [0.4, 0.5) is 0 Å². The van der Waals surface area contributed by atoms with Crippen LogP contribution in [0, 0.1) is 0 Å². The first-order chi connectivity index (χ1) is 6.74. The molecular weight excluding hydrogens is 176 g/mol. The Morgan fingerprint density at radius 3 is 3.00 bits per heavy atom. The highest BCUT2D eigenvalue weighted by Crippen LogP contribution is 2.10. The van der Waals surface area contributed by atoms with E-state index in [0.717, 1.165) is 31.7 Å². The fourth-order valence-electron chi connectivity index (χ4n) is 1.51. The van der Waals surface area contributed by atoms with Crippen LogP contribution in [0.3, 0.4) is 0 Å². The summed E-state index contributed by atoms with van der Waals surface area (Å²) in [5, 5.41) is 3.31. The van der Waals surface area contributed by atoms with Gasteiger partial charge < -0.3 is 15.8 Å². The molecule has 0 saturated carbocycles. The fourth-order valence-corrected chi connectivity index (χ4v) is 1.51. The Labute approximate surface area is 86.7 Å². The Bertz CT molecular complexity index is 190. The summed E-state index contributed by atoms with van der Waals surface area (Å²) in [6.45, 7) is 5.95. The van der Waals surface area contributed by atoms with Crippen LogP contribution in [-0.2, 0) is 4.74 Å². The summed E-state index contributed by atoms with van der Waals surface area (Å²) in [5.74, 6) is 0. The van der Waals surface area contributed by atoms with Gasteiger partial charge in [0.2, 0.25) is 0 Å². The highest BCUT2D eigenvalue weighted by Gasteiger charge is 2.15. The zero-order chi connectivity index (χ0) is 10.4. The first-order valence-corrected chi connectivity index (χ1v) is 5.55. The molecule has 14 heavy (non-hydrogen) atoms. The van der Waals surface area contributed by atoms with Crippen molar-refractivity contribution in [2.24, 2.45) is 5.73 Å². The summed E-state index contributed by atoms with van der Waals surface area (Å²) in [5.41, 5.74) is 6.92. The lowest BCUT2D eigenvalue weighted by Crippen LogP contribution is -2.38. The molecule has 82 valence electrons. The molecule has 0 fully saturated rings.